The summed E-state index contributed by atoms with van der Waals surface area (Å²) in [5.74, 6) is 0.553. The molecule has 0 radical (unpaired) electrons. The molecule has 7 bridgehead atoms. The molecule has 3 N–H and O–H groups in total. The normalized spacial score (nSPS) is 62.5. The van der Waals surface area contributed by atoms with E-state index in [1.165, 1.54) is 0 Å². The summed E-state index contributed by atoms with van der Waals surface area (Å²) in [5, 5.41) is 35.2. The van der Waals surface area contributed by atoms with E-state index in [4.69, 9.17) is 9.47 Å². The Morgan fingerprint density at radius 3 is 2.62 bits per heavy atom. The Balaban J connectivity index is 1.57. The van der Waals surface area contributed by atoms with Gasteiger partial charge in [-0.25, -0.2) is 0 Å². The molecule has 5 aliphatic carbocycles. The SMILES string of the molecule is CCN1C[C@]2(COC)CC[C@H](O)[C@]34C1[C@H](C[C@H]23)[C@@]1(O)C[C@H](OC)[C@H]2C[C@@H]4C1[C@H]2O. The molecule has 0 amide bonds. The van der Waals surface area contributed by atoms with E-state index in [2.05, 4.69) is 11.8 Å². The minimum atomic E-state index is -0.901. The van der Waals surface area contributed by atoms with Gasteiger partial charge in [0, 0.05) is 61.8 Å². The Kier molecular flexibility index (Phi) is 4.00. The highest BCUT2D eigenvalue weighted by Gasteiger charge is 2.83. The fraction of sp³-hybridized carbons (Fsp3) is 1.00. The summed E-state index contributed by atoms with van der Waals surface area (Å²) in [6, 6.07) is 0.200. The number of hydrogen-bond donors (Lipinski definition) is 3. The summed E-state index contributed by atoms with van der Waals surface area (Å²) in [5.41, 5.74) is -1.08. The van der Waals surface area contributed by atoms with Gasteiger partial charge in [0.1, 0.15) is 0 Å². The van der Waals surface area contributed by atoms with Crippen molar-refractivity contribution in [3.05, 3.63) is 0 Å². The van der Waals surface area contributed by atoms with E-state index >= 15 is 0 Å². The maximum atomic E-state index is 12.2. The Labute approximate surface area is 173 Å². The van der Waals surface area contributed by atoms with Crippen molar-refractivity contribution in [1.82, 2.24) is 4.90 Å². The fourth-order valence-corrected chi connectivity index (χ4v) is 10.4. The topological polar surface area (TPSA) is 82.4 Å². The molecule has 6 fully saturated rings. The third-order valence-electron chi connectivity index (χ3n) is 10.9. The molecular weight excluding hydrogens is 370 g/mol. The van der Waals surface area contributed by atoms with Crippen LogP contribution in [0.25, 0.3) is 0 Å². The van der Waals surface area contributed by atoms with E-state index in [1.54, 1.807) is 14.2 Å². The lowest BCUT2D eigenvalue weighted by atomic mass is 9.43. The monoisotopic (exact) mass is 407 g/mol. The molecule has 1 aliphatic heterocycles. The maximum absolute atomic E-state index is 12.2. The summed E-state index contributed by atoms with van der Waals surface area (Å²) < 4.78 is 11.6. The fourth-order valence-electron chi connectivity index (χ4n) is 10.4. The molecule has 1 heterocycles. The third kappa shape index (κ3) is 1.93. The van der Waals surface area contributed by atoms with Crippen LogP contribution in [0.2, 0.25) is 0 Å². The standard InChI is InChI=1S/C23H37NO5/c1-4-24-10-21(11-28-2)6-5-17(25)23-13-7-12-15(29-3)9-22(27,18(13)19(12)26)14(20(23)24)8-16(21)23/h12-20,25-27H,4-11H2,1-3H3/t12-,13-,14+,15+,16-,17+,18?,19+,20?,21+,22+,23-/m1/s1. The van der Waals surface area contributed by atoms with Crippen LogP contribution in [0.1, 0.15) is 39.0 Å². The summed E-state index contributed by atoms with van der Waals surface area (Å²) in [6.07, 6.45) is 3.27. The molecule has 6 rings (SSSR count). The average molecular weight is 408 g/mol. The number of hydrogen-bond acceptors (Lipinski definition) is 6. The molecule has 0 aromatic heterocycles. The number of ether oxygens (including phenoxy) is 2. The van der Waals surface area contributed by atoms with Crippen LogP contribution < -0.4 is 0 Å². The van der Waals surface area contributed by atoms with Crippen LogP contribution >= 0.6 is 0 Å². The highest BCUT2D eigenvalue weighted by atomic mass is 16.5. The van der Waals surface area contributed by atoms with Gasteiger partial charge in [0.25, 0.3) is 0 Å². The number of methoxy groups -OCH3 is 2. The summed E-state index contributed by atoms with van der Waals surface area (Å²) >= 11 is 0. The molecule has 6 aliphatic rings. The number of aliphatic hydroxyl groups is 3. The summed E-state index contributed by atoms with van der Waals surface area (Å²) in [6.45, 7) is 4.88. The second-order valence-corrected chi connectivity index (χ2v) is 11.2. The van der Waals surface area contributed by atoms with Crippen LogP contribution in [0.15, 0.2) is 0 Å². The van der Waals surface area contributed by atoms with E-state index in [-0.39, 0.29) is 52.8 Å². The number of rotatable bonds is 4. The van der Waals surface area contributed by atoms with Gasteiger partial charge in [-0.05, 0) is 44.1 Å². The lowest BCUT2D eigenvalue weighted by molar-refractivity contribution is -0.272. The Bertz CT molecular complexity index is 705. The van der Waals surface area contributed by atoms with Crippen molar-refractivity contribution in [2.75, 3.05) is 33.9 Å². The van der Waals surface area contributed by atoms with Crippen molar-refractivity contribution in [3.63, 3.8) is 0 Å². The van der Waals surface area contributed by atoms with Gasteiger partial charge in [-0.3, -0.25) is 4.90 Å². The first kappa shape index (κ1) is 19.4. The van der Waals surface area contributed by atoms with Gasteiger partial charge >= 0.3 is 0 Å². The van der Waals surface area contributed by atoms with Crippen LogP contribution in [0.3, 0.4) is 0 Å². The first-order chi connectivity index (χ1) is 13.9. The average Bonchev–Trinajstić information content (AvgIpc) is 3.13. The Hall–Kier alpha value is -0.240. The first-order valence-corrected chi connectivity index (χ1v) is 11.7. The number of likely N-dealkylation sites (tertiary alicyclic amines) is 1. The highest BCUT2D eigenvalue weighted by Crippen LogP contribution is 2.78. The van der Waals surface area contributed by atoms with Gasteiger partial charge in [0.05, 0.1) is 30.5 Å². The molecule has 5 saturated carbocycles. The molecule has 6 nitrogen and oxygen atoms in total. The lowest BCUT2D eigenvalue weighted by Gasteiger charge is -2.69. The van der Waals surface area contributed by atoms with Crippen molar-refractivity contribution in [1.29, 1.82) is 0 Å². The molecule has 0 aromatic rings. The number of aliphatic hydroxyl groups excluding tert-OH is 2. The molecule has 12 atom stereocenters. The lowest BCUT2D eigenvalue weighted by Crippen LogP contribution is -2.76. The van der Waals surface area contributed by atoms with Crippen LogP contribution in [-0.2, 0) is 9.47 Å². The molecule has 2 unspecified atom stereocenters. The van der Waals surface area contributed by atoms with Crippen molar-refractivity contribution in [3.8, 4) is 0 Å². The van der Waals surface area contributed by atoms with E-state index in [0.717, 1.165) is 45.4 Å². The predicted molar refractivity (Wildman–Crippen MR) is 106 cm³/mol. The Morgan fingerprint density at radius 2 is 1.93 bits per heavy atom. The van der Waals surface area contributed by atoms with E-state index in [0.29, 0.717) is 12.3 Å². The smallest absolute Gasteiger partial charge is 0.0771 e. The van der Waals surface area contributed by atoms with Gasteiger partial charge in [-0.2, -0.15) is 0 Å². The third-order valence-corrected chi connectivity index (χ3v) is 10.9. The predicted octanol–water partition coefficient (Wildman–Crippen LogP) is 0.877. The zero-order valence-corrected chi connectivity index (χ0v) is 18.0. The van der Waals surface area contributed by atoms with Crippen molar-refractivity contribution < 1.29 is 24.8 Å². The molecule has 164 valence electrons. The van der Waals surface area contributed by atoms with Crippen LogP contribution in [-0.4, -0.2) is 84.1 Å². The Morgan fingerprint density at radius 1 is 1.14 bits per heavy atom. The quantitative estimate of drug-likeness (QED) is 0.642. The van der Waals surface area contributed by atoms with Gasteiger partial charge in [0.15, 0.2) is 0 Å². The van der Waals surface area contributed by atoms with Gasteiger partial charge < -0.3 is 24.8 Å². The largest absolute Gasteiger partial charge is 0.392 e. The van der Waals surface area contributed by atoms with Crippen LogP contribution in [0.4, 0.5) is 0 Å². The van der Waals surface area contributed by atoms with Gasteiger partial charge in [-0.1, -0.05) is 6.92 Å². The molecule has 1 spiro atoms. The summed E-state index contributed by atoms with van der Waals surface area (Å²) in [7, 11) is 3.52. The van der Waals surface area contributed by atoms with Gasteiger partial charge in [0.2, 0.25) is 0 Å². The first-order valence-electron chi connectivity index (χ1n) is 11.7. The number of piperidine rings is 1. The highest BCUT2D eigenvalue weighted by molar-refractivity contribution is 5.33. The van der Waals surface area contributed by atoms with Crippen molar-refractivity contribution in [2.45, 2.75) is 69.0 Å². The minimum absolute atomic E-state index is 0.0495. The van der Waals surface area contributed by atoms with Crippen LogP contribution in [0, 0.1) is 40.4 Å². The molecule has 0 aromatic carbocycles. The second kappa shape index (κ2) is 5.96. The maximum Gasteiger partial charge on any atom is 0.0771 e. The minimum Gasteiger partial charge on any atom is -0.392 e. The zero-order valence-electron chi connectivity index (χ0n) is 18.0. The van der Waals surface area contributed by atoms with E-state index in [1.807, 2.05) is 0 Å². The number of nitrogens with zero attached hydrogens (tertiary/aromatic N) is 1. The van der Waals surface area contributed by atoms with Crippen molar-refractivity contribution >= 4 is 0 Å². The van der Waals surface area contributed by atoms with Gasteiger partial charge in [-0.15, -0.1) is 0 Å². The van der Waals surface area contributed by atoms with E-state index < -0.39 is 11.7 Å². The molecule has 29 heavy (non-hydrogen) atoms. The van der Waals surface area contributed by atoms with E-state index in [9.17, 15) is 15.3 Å². The molecule has 1 saturated heterocycles. The number of fused-ring (bicyclic) bond motifs is 2. The molecular formula is C23H37NO5. The molecule has 6 heteroatoms. The second-order valence-electron chi connectivity index (χ2n) is 11.2. The van der Waals surface area contributed by atoms with Crippen LogP contribution in [0.5, 0.6) is 0 Å². The zero-order chi connectivity index (χ0) is 20.3. The summed E-state index contributed by atoms with van der Waals surface area (Å²) in [4.78, 5) is 2.57. The van der Waals surface area contributed by atoms with Crippen molar-refractivity contribution in [2.24, 2.45) is 40.4 Å².